The van der Waals surface area contributed by atoms with Gasteiger partial charge in [0.2, 0.25) is 10.0 Å². The van der Waals surface area contributed by atoms with E-state index in [1.807, 2.05) is 0 Å². The SMILES string of the molecule is O=S(=O)(NCc1ccc(C(F)(F)F)cc1)c1c(Br)cc(F)cc1Br. The molecule has 130 valence electrons. The van der Waals surface area contributed by atoms with Crippen LogP contribution < -0.4 is 4.72 Å². The Labute approximate surface area is 152 Å². The van der Waals surface area contributed by atoms with Crippen LogP contribution in [0.2, 0.25) is 0 Å². The van der Waals surface area contributed by atoms with Crippen LogP contribution in [-0.4, -0.2) is 8.42 Å². The quantitative estimate of drug-likeness (QED) is 0.623. The summed E-state index contributed by atoms with van der Waals surface area (Å²) in [5, 5.41) is 0. The number of benzene rings is 2. The third-order valence-corrected chi connectivity index (χ3v) is 6.26. The zero-order chi connectivity index (χ0) is 18.1. The first-order valence-electron chi connectivity index (χ1n) is 6.31. The fraction of sp³-hybridized carbons (Fsp3) is 0.143. The minimum Gasteiger partial charge on any atom is -0.207 e. The number of alkyl halides is 3. The Morgan fingerprint density at radius 2 is 1.50 bits per heavy atom. The molecule has 10 heteroatoms. The van der Waals surface area contributed by atoms with Gasteiger partial charge in [-0.1, -0.05) is 12.1 Å². The number of hydrogen-bond acceptors (Lipinski definition) is 2. The number of halogens is 6. The van der Waals surface area contributed by atoms with Crippen molar-refractivity contribution in [1.82, 2.24) is 4.72 Å². The monoisotopic (exact) mass is 489 g/mol. The highest BCUT2D eigenvalue weighted by atomic mass is 79.9. The lowest BCUT2D eigenvalue weighted by Gasteiger charge is -2.11. The second-order valence-corrected chi connectivity index (χ2v) is 8.13. The van der Waals surface area contributed by atoms with Crippen LogP contribution in [0.1, 0.15) is 11.1 Å². The van der Waals surface area contributed by atoms with E-state index in [4.69, 9.17) is 0 Å². The molecule has 0 spiro atoms. The van der Waals surface area contributed by atoms with E-state index in [2.05, 4.69) is 36.6 Å². The maximum Gasteiger partial charge on any atom is 0.416 e. The van der Waals surface area contributed by atoms with Crippen LogP contribution in [0.25, 0.3) is 0 Å². The van der Waals surface area contributed by atoms with Gasteiger partial charge in [-0.2, -0.15) is 13.2 Å². The van der Waals surface area contributed by atoms with Crippen molar-refractivity contribution in [1.29, 1.82) is 0 Å². The Morgan fingerprint density at radius 1 is 1.00 bits per heavy atom. The van der Waals surface area contributed by atoms with E-state index in [-0.39, 0.29) is 20.4 Å². The van der Waals surface area contributed by atoms with Crippen molar-refractivity contribution in [2.24, 2.45) is 0 Å². The Hall–Kier alpha value is -0.970. The summed E-state index contributed by atoms with van der Waals surface area (Å²) >= 11 is 5.95. The molecule has 1 N–H and O–H groups in total. The summed E-state index contributed by atoms with van der Waals surface area (Å²) in [5.41, 5.74) is -0.473. The fourth-order valence-corrected chi connectivity index (χ4v) is 5.39. The first kappa shape index (κ1) is 19.4. The van der Waals surface area contributed by atoms with Crippen LogP contribution in [0.15, 0.2) is 50.2 Å². The molecule has 2 rings (SSSR count). The van der Waals surface area contributed by atoms with Gasteiger partial charge in [0.25, 0.3) is 0 Å². The molecule has 24 heavy (non-hydrogen) atoms. The van der Waals surface area contributed by atoms with E-state index in [1.165, 1.54) is 12.1 Å². The van der Waals surface area contributed by atoms with Gasteiger partial charge in [-0.15, -0.1) is 0 Å². The molecule has 0 heterocycles. The van der Waals surface area contributed by atoms with E-state index >= 15 is 0 Å². The van der Waals surface area contributed by atoms with Gasteiger partial charge >= 0.3 is 6.18 Å². The highest BCUT2D eigenvalue weighted by Crippen LogP contribution is 2.31. The van der Waals surface area contributed by atoms with Gasteiger partial charge in [0.05, 0.1) is 5.56 Å². The molecule has 0 aliphatic rings. The average molecular weight is 491 g/mol. The van der Waals surface area contributed by atoms with Gasteiger partial charge in [0.1, 0.15) is 10.7 Å². The molecule has 0 saturated carbocycles. The largest absolute Gasteiger partial charge is 0.416 e. The lowest BCUT2D eigenvalue weighted by Crippen LogP contribution is -2.24. The van der Waals surface area contributed by atoms with E-state index in [0.29, 0.717) is 5.56 Å². The van der Waals surface area contributed by atoms with Crippen LogP contribution in [-0.2, 0) is 22.7 Å². The normalized spacial score (nSPS) is 12.4. The molecule has 2 aromatic carbocycles. The lowest BCUT2D eigenvalue weighted by atomic mass is 10.1. The zero-order valence-corrected chi connectivity index (χ0v) is 15.7. The lowest BCUT2D eigenvalue weighted by molar-refractivity contribution is -0.137. The maximum absolute atomic E-state index is 13.2. The summed E-state index contributed by atoms with van der Waals surface area (Å²) in [5.74, 6) is -0.629. The Morgan fingerprint density at radius 3 is 1.96 bits per heavy atom. The maximum atomic E-state index is 13.2. The second-order valence-electron chi connectivity index (χ2n) is 4.72. The zero-order valence-electron chi connectivity index (χ0n) is 11.7. The highest BCUT2D eigenvalue weighted by Gasteiger charge is 2.30. The van der Waals surface area contributed by atoms with Gasteiger partial charge in [-0.05, 0) is 61.7 Å². The van der Waals surface area contributed by atoms with Crippen molar-refractivity contribution >= 4 is 41.9 Å². The second kappa shape index (κ2) is 7.11. The molecule has 0 aliphatic heterocycles. The fourth-order valence-electron chi connectivity index (χ4n) is 1.85. The van der Waals surface area contributed by atoms with Crippen LogP contribution in [0.3, 0.4) is 0 Å². The molecule has 2 aromatic rings. The van der Waals surface area contributed by atoms with E-state index in [1.54, 1.807) is 0 Å². The van der Waals surface area contributed by atoms with Crippen LogP contribution in [0.4, 0.5) is 17.6 Å². The van der Waals surface area contributed by atoms with Crippen molar-refractivity contribution in [2.45, 2.75) is 17.6 Å². The van der Waals surface area contributed by atoms with Gasteiger partial charge in [-0.3, -0.25) is 0 Å². The van der Waals surface area contributed by atoms with Crippen molar-refractivity contribution in [3.63, 3.8) is 0 Å². The van der Waals surface area contributed by atoms with Crippen LogP contribution in [0, 0.1) is 5.82 Å². The third-order valence-electron chi connectivity index (χ3n) is 2.98. The number of sulfonamides is 1. The highest BCUT2D eigenvalue weighted by molar-refractivity contribution is 9.11. The van der Waals surface area contributed by atoms with E-state index in [9.17, 15) is 26.0 Å². The summed E-state index contributed by atoms with van der Waals surface area (Å²) in [6.45, 7) is -0.212. The van der Waals surface area contributed by atoms with Gasteiger partial charge in [0, 0.05) is 15.5 Å². The van der Waals surface area contributed by atoms with E-state index < -0.39 is 27.6 Å². The molecule has 0 fully saturated rings. The molecule has 0 saturated heterocycles. The standard InChI is InChI=1S/C14H9Br2F4NO2S/c15-11-5-10(17)6-12(16)13(11)24(22,23)21-7-8-1-3-9(4-2-8)14(18,19)20/h1-6,21H,7H2. The Balaban J connectivity index is 2.19. The third kappa shape index (κ3) is 4.56. The van der Waals surface area contributed by atoms with Gasteiger partial charge in [-0.25, -0.2) is 17.5 Å². The van der Waals surface area contributed by atoms with Crippen LogP contribution in [0.5, 0.6) is 0 Å². The van der Waals surface area contributed by atoms with Crippen LogP contribution >= 0.6 is 31.9 Å². The summed E-state index contributed by atoms with van der Waals surface area (Å²) in [6, 6.07) is 6.09. The van der Waals surface area contributed by atoms with Crippen molar-refractivity contribution in [3.05, 3.63) is 62.3 Å². The molecule has 0 aliphatic carbocycles. The molecular weight excluding hydrogens is 482 g/mol. The van der Waals surface area contributed by atoms with E-state index in [0.717, 1.165) is 24.3 Å². The van der Waals surface area contributed by atoms with Gasteiger partial charge in [0.15, 0.2) is 0 Å². The van der Waals surface area contributed by atoms with Crippen molar-refractivity contribution in [3.8, 4) is 0 Å². The molecular formula is C14H9Br2F4NO2S. The molecule has 3 nitrogen and oxygen atoms in total. The van der Waals surface area contributed by atoms with Gasteiger partial charge < -0.3 is 0 Å². The average Bonchev–Trinajstić information content (AvgIpc) is 2.43. The smallest absolute Gasteiger partial charge is 0.207 e. The van der Waals surface area contributed by atoms with Crippen molar-refractivity contribution in [2.75, 3.05) is 0 Å². The van der Waals surface area contributed by atoms with Crippen molar-refractivity contribution < 1.29 is 26.0 Å². The number of hydrogen-bond donors (Lipinski definition) is 1. The number of rotatable bonds is 4. The minimum absolute atomic E-state index is 0.0225. The first-order valence-corrected chi connectivity index (χ1v) is 9.38. The molecule has 0 bridgehead atoms. The Bertz CT molecular complexity index is 829. The Kier molecular flexibility index (Phi) is 5.73. The molecule has 0 aromatic heterocycles. The predicted molar refractivity (Wildman–Crippen MR) is 87.3 cm³/mol. The molecule has 0 amide bonds. The predicted octanol–water partition coefficient (Wildman–Crippen LogP) is 4.85. The topological polar surface area (TPSA) is 46.2 Å². The summed E-state index contributed by atoms with van der Waals surface area (Å²) < 4.78 is 77.6. The molecule has 0 radical (unpaired) electrons. The summed E-state index contributed by atoms with van der Waals surface area (Å²) in [7, 11) is -4.01. The minimum atomic E-state index is -4.46. The summed E-state index contributed by atoms with van der Waals surface area (Å²) in [4.78, 5) is -0.198. The number of nitrogens with one attached hydrogen (secondary N) is 1. The summed E-state index contributed by atoms with van der Waals surface area (Å²) in [6.07, 6.45) is -4.46. The molecule has 0 atom stereocenters. The first-order chi connectivity index (χ1) is 11.0. The molecule has 0 unspecified atom stereocenters.